The maximum atomic E-state index is 6.03. The van der Waals surface area contributed by atoms with E-state index < -0.39 is 0 Å². The lowest BCUT2D eigenvalue weighted by molar-refractivity contribution is -0.0390. The van der Waals surface area contributed by atoms with Gasteiger partial charge >= 0.3 is 0 Å². The molecule has 0 amide bonds. The lowest BCUT2D eigenvalue weighted by Crippen LogP contribution is -2.37. The minimum atomic E-state index is 0. The molecular weight excluding hydrogens is 509 g/mol. The molecule has 0 spiro atoms. The van der Waals surface area contributed by atoms with Gasteiger partial charge in [-0.1, -0.05) is 24.3 Å². The molecule has 0 aliphatic carbocycles. The molecule has 1 saturated heterocycles. The van der Waals surface area contributed by atoms with Crippen LogP contribution in [0.1, 0.15) is 36.1 Å². The molecule has 0 bridgehead atoms. The van der Waals surface area contributed by atoms with Gasteiger partial charge in [0.2, 0.25) is 0 Å². The molecule has 0 saturated carbocycles. The van der Waals surface area contributed by atoms with Crippen LogP contribution >= 0.6 is 24.0 Å². The van der Waals surface area contributed by atoms with Crippen molar-refractivity contribution >= 4 is 29.9 Å². The Morgan fingerprint density at radius 2 is 1.94 bits per heavy atom. The zero-order chi connectivity index (χ0) is 20.9. The van der Waals surface area contributed by atoms with Gasteiger partial charge in [-0.15, -0.1) is 24.0 Å². The summed E-state index contributed by atoms with van der Waals surface area (Å²) in [6, 6.07) is 12.3. The molecule has 1 aliphatic rings. The van der Waals surface area contributed by atoms with Crippen LogP contribution in [0.4, 0.5) is 0 Å². The second-order valence-corrected chi connectivity index (χ2v) is 7.28. The van der Waals surface area contributed by atoms with E-state index in [1.807, 2.05) is 12.1 Å². The van der Waals surface area contributed by atoms with Gasteiger partial charge < -0.3 is 29.3 Å². The fourth-order valence-corrected chi connectivity index (χ4v) is 3.24. The number of furan rings is 1. The number of ether oxygens (including phenoxy) is 3. The summed E-state index contributed by atoms with van der Waals surface area (Å²) in [4.78, 5) is 4.28. The molecule has 172 valence electrons. The summed E-state index contributed by atoms with van der Waals surface area (Å²) in [6.45, 7) is 4.92. The number of benzene rings is 1. The van der Waals surface area contributed by atoms with Crippen molar-refractivity contribution in [2.45, 2.75) is 45.1 Å². The van der Waals surface area contributed by atoms with E-state index in [9.17, 15) is 0 Å². The predicted molar refractivity (Wildman–Crippen MR) is 132 cm³/mol. The average molecular weight is 543 g/mol. The van der Waals surface area contributed by atoms with Crippen LogP contribution in [0, 0.1) is 0 Å². The smallest absolute Gasteiger partial charge is 0.191 e. The molecule has 7 nitrogen and oxygen atoms in total. The quantitative estimate of drug-likeness (QED) is 0.194. The van der Waals surface area contributed by atoms with Gasteiger partial charge in [0.15, 0.2) is 5.96 Å². The number of aliphatic imine (C=N–C) groups is 1. The molecule has 1 aromatic carbocycles. The molecule has 3 rings (SSSR count). The van der Waals surface area contributed by atoms with Crippen LogP contribution in [0.2, 0.25) is 0 Å². The van der Waals surface area contributed by atoms with Gasteiger partial charge in [-0.05, 0) is 42.5 Å². The third-order valence-electron chi connectivity index (χ3n) is 4.91. The number of halogens is 1. The Morgan fingerprint density at radius 3 is 2.71 bits per heavy atom. The van der Waals surface area contributed by atoms with Crippen LogP contribution in [0.3, 0.4) is 0 Å². The number of nitrogens with one attached hydrogen (secondary N) is 2. The number of hydrogen-bond donors (Lipinski definition) is 2. The molecule has 8 heteroatoms. The molecular formula is C23H34IN3O4. The second kappa shape index (κ2) is 15.2. The van der Waals surface area contributed by atoms with Crippen molar-refractivity contribution in [3.05, 3.63) is 59.5 Å². The molecule has 1 aromatic heterocycles. The van der Waals surface area contributed by atoms with Crippen molar-refractivity contribution in [2.75, 3.05) is 33.4 Å². The van der Waals surface area contributed by atoms with Gasteiger partial charge in [0.05, 0.1) is 19.0 Å². The summed E-state index contributed by atoms with van der Waals surface area (Å²) in [7, 11) is 1.78. The maximum absolute atomic E-state index is 6.03. The summed E-state index contributed by atoms with van der Waals surface area (Å²) in [6.07, 6.45) is 4.83. The topological polar surface area (TPSA) is 77.3 Å². The third-order valence-corrected chi connectivity index (χ3v) is 4.91. The number of nitrogens with zero attached hydrogens (tertiary/aromatic N) is 1. The van der Waals surface area contributed by atoms with E-state index in [0.29, 0.717) is 32.5 Å². The van der Waals surface area contributed by atoms with Crippen molar-refractivity contribution in [1.82, 2.24) is 10.6 Å². The summed E-state index contributed by atoms with van der Waals surface area (Å²) >= 11 is 0. The molecule has 2 N–H and O–H groups in total. The highest BCUT2D eigenvalue weighted by Gasteiger charge is 2.14. The first kappa shape index (κ1) is 25.6. The van der Waals surface area contributed by atoms with Crippen molar-refractivity contribution in [3.63, 3.8) is 0 Å². The first-order chi connectivity index (χ1) is 14.8. The zero-order valence-corrected chi connectivity index (χ0v) is 20.5. The van der Waals surface area contributed by atoms with Crippen LogP contribution in [0.5, 0.6) is 0 Å². The summed E-state index contributed by atoms with van der Waals surface area (Å²) < 4.78 is 22.2. The van der Waals surface area contributed by atoms with E-state index in [2.05, 4.69) is 39.9 Å². The standard InChI is InChI=1S/C23H33N3O4.HI/c1-24-23(25-10-4-11-28-18-22-7-3-12-29-22)26-16-19-5-2-6-20(15-19)17-30-21-8-13-27-14-9-21;/h2-3,5-7,12,15,21H,4,8-11,13-14,16-18H2,1H3,(H2,24,25,26);1H. The summed E-state index contributed by atoms with van der Waals surface area (Å²) in [5, 5.41) is 6.67. The first-order valence-electron chi connectivity index (χ1n) is 10.7. The van der Waals surface area contributed by atoms with Gasteiger partial charge in [0.1, 0.15) is 12.4 Å². The molecule has 0 unspecified atom stereocenters. The van der Waals surface area contributed by atoms with Crippen molar-refractivity contribution < 1.29 is 18.6 Å². The van der Waals surface area contributed by atoms with Crippen molar-refractivity contribution in [1.29, 1.82) is 0 Å². The highest BCUT2D eigenvalue weighted by molar-refractivity contribution is 14.0. The minimum Gasteiger partial charge on any atom is -0.467 e. The molecule has 0 radical (unpaired) electrons. The Hall–Kier alpha value is -1.62. The average Bonchev–Trinajstić information content (AvgIpc) is 3.31. The van der Waals surface area contributed by atoms with Gasteiger partial charge in [0, 0.05) is 40.0 Å². The lowest BCUT2D eigenvalue weighted by atomic mass is 10.1. The van der Waals surface area contributed by atoms with Crippen LogP contribution in [0.15, 0.2) is 52.1 Å². The van der Waals surface area contributed by atoms with E-state index >= 15 is 0 Å². The molecule has 31 heavy (non-hydrogen) atoms. The fraction of sp³-hybridized carbons (Fsp3) is 0.522. The summed E-state index contributed by atoms with van der Waals surface area (Å²) in [5.74, 6) is 1.63. The SMILES string of the molecule is CN=C(NCCCOCc1ccco1)NCc1cccc(COC2CCOCC2)c1.I. The monoisotopic (exact) mass is 543 g/mol. The Balaban J connectivity index is 0.00000341. The van der Waals surface area contributed by atoms with Crippen LogP contribution in [0.25, 0.3) is 0 Å². The number of guanidine groups is 1. The Kier molecular flexibility index (Phi) is 12.6. The van der Waals surface area contributed by atoms with Gasteiger partial charge in [0.25, 0.3) is 0 Å². The molecule has 1 aliphatic heterocycles. The normalized spacial score (nSPS) is 14.8. The third kappa shape index (κ3) is 10.0. The largest absolute Gasteiger partial charge is 0.467 e. The van der Waals surface area contributed by atoms with Gasteiger partial charge in [-0.2, -0.15) is 0 Å². The molecule has 1 fully saturated rings. The van der Waals surface area contributed by atoms with Gasteiger partial charge in [-0.25, -0.2) is 0 Å². The lowest BCUT2D eigenvalue weighted by Gasteiger charge is -2.22. The highest BCUT2D eigenvalue weighted by Crippen LogP contribution is 2.14. The van der Waals surface area contributed by atoms with Crippen LogP contribution < -0.4 is 10.6 Å². The minimum absolute atomic E-state index is 0. The van der Waals surface area contributed by atoms with E-state index in [1.165, 1.54) is 11.1 Å². The second-order valence-electron chi connectivity index (χ2n) is 7.28. The maximum Gasteiger partial charge on any atom is 0.191 e. The summed E-state index contributed by atoms with van der Waals surface area (Å²) in [5.41, 5.74) is 2.39. The Labute approximate surface area is 202 Å². The Morgan fingerprint density at radius 1 is 1.10 bits per heavy atom. The van der Waals surface area contributed by atoms with E-state index in [0.717, 1.165) is 50.7 Å². The van der Waals surface area contributed by atoms with E-state index in [1.54, 1.807) is 13.3 Å². The van der Waals surface area contributed by atoms with Crippen molar-refractivity contribution in [3.8, 4) is 0 Å². The number of hydrogen-bond acceptors (Lipinski definition) is 5. The highest BCUT2D eigenvalue weighted by atomic mass is 127. The predicted octanol–water partition coefficient (Wildman–Crippen LogP) is 3.87. The number of rotatable bonds is 11. The van der Waals surface area contributed by atoms with Crippen LogP contribution in [-0.2, 0) is 34.0 Å². The van der Waals surface area contributed by atoms with E-state index in [4.69, 9.17) is 18.6 Å². The molecule has 2 heterocycles. The first-order valence-corrected chi connectivity index (χ1v) is 10.7. The molecule has 0 atom stereocenters. The molecule has 2 aromatic rings. The fourth-order valence-electron chi connectivity index (χ4n) is 3.24. The van der Waals surface area contributed by atoms with E-state index in [-0.39, 0.29) is 24.0 Å². The Bertz CT molecular complexity index is 749. The zero-order valence-electron chi connectivity index (χ0n) is 18.2. The van der Waals surface area contributed by atoms with Crippen LogP contribution in [-0.4, -0.2) is 45.5 Å². The van der Waals surface area contributed by atoms with Crippen molar-refractivity contribution in [2.24, 2.45) is 4.99 Å². The van der Waals surface area contributed by atoms with Gasteiger partial charge in [-0.3, -0.25) is 4.99 Å².